The number of fused-ring (bicyclic) bond motifs is 1. The van der Waals surface area contributed by atoms with Gasteiger partial charge < -0.3 is 15.4 Å². The third kappa shape index (κ3) is 5.88. The summed E-state index contributed by atoms with van der Waals surface area (Å²) in [6.07, 6.45) is -0.0733. The Morgan fingerprint density at radius 2 is 1.81 bits per heavy atom. The predicted molar refractivity (Wildman–Crippen MR) is 134 cm³/mol. The number of carboxylic acids is 1. The summed E-state index contributed by atoms with van der Waals surface area (Å²) in [5, 5.41) is 15.4. The molecule has 0 unspecified atom stereocenters. The molecule has 0 bridgehead atoms. The van der Waals surface area contributed by atoms with E-state index in [1.165, 1.54) is 36.4 Å². The fraction of sp³-hybridized carbons (Fsp3) is 0.120. The summed E-state index contributed by atoms with van der Waals surface area (Å²) >= 11 is 12.2. The Kier molecular flexibility index (Phi) is 7.64. The summed E-state index contributed by atoms with van der Waals surface area (Å²) in [5.74, 6) is -2.34. The van der Waals surface area contributed by atoms with Crippen LogP contribution in [-0.2, 0) is 16.0 Å². The number of amides is 1. The maximum absolute atomic E-state index is 13.4. The van der Waals surface area contributed by atoms with Crippen LogP contribution in [0.5, 0.6) is 0 Å². The average Bonchev–Trinajstić information content (AvgIpc) is 3.24. The monoisotopic (exact) mass is 528 g/mol. The van der Waals surface area contributed by atoms with Crippen molar-refractivity contribution in [2.45, 2.75) is 12.5 Å². The molecular formula is C25H19Cl2FN4O4. The van der Waals surface area contributed by atoms with Crippen molar-refractivity contribution in [1.29, 1.82) is 0 Å². The van der Waals surface area contributed by atoms with Crippen molar-refractivity contribution < 1.29 is 23.9 Å². The number of imidazole rings is 1. The fourth-order valence-electron chi connectivity index (χ4n) is 3.59. The Balaban J connectivity index is 1.45. The number of ketones is 1. The highest BCUT2D eigenvalue weighted by Crippen LogP contribution is 2.26. The van der Waals surface area contributed by atoms with E-state index in [2.05, 4.69) is 20.6 Å². The standard InChI is InChI=1S/C25H19Cl2FN4O4/c26-13-5-7-18(16(9-13)24(34)15-3-1-2-4-17(15)27)32-23(33)12-29-21(25(35)36)11-22-30-19-8-6-14(28)10-20(19)31-22/h1-10,21,29H,11-12H2,(H,30,31)(H,32,33)(H,35,36)/t21-/m1/s1. The van der Waals surface area contributed by atoms with Crippen LogP contribution in [0, 0.1) is 5.82 Å². The van der Waals surface area contributed by atoms with E-state index >= 15 is 0 Å². The van der Waals surface area contributed by atoms with E-state index in [0.29, 0.717) is 16.9 Å². The molecule has 36 heavy (non-hydrogen) atoms. The summed E-state index contributed by atoms with van der Waals surface area (Å²) in [6.45, 7) is -0.367. The van der Waals surface area contributed by atoms with E-state index in [0.717, 1.165) is 0 Å². The first-order chi connectivity index (χ1) is 17.2. The summed E-state index contributed by atoms with van der Waals surface area (Å²) < 4.78 is 13.4. The number of H-pyrrole nitrogens is 1. The van der Waals surface area contributed by atoms with E-state index in [1.807, 2.05) is 0 Å². The quantitative estimate of drug-likeness (QED) is 0.238. The van der Waals surface area contributed by atoms with E-state index in [4.69, 9.17) is 23.2 Å². The molecular weight excluding hydrogens is 510 g/mol. The van der Waals surface area contributed by atoms with Crippen molar-refractivity contribution in [1.82, 2.24) is 15.3 Å². The SMILES string of the molecule is O=C(CN[C@H](Cc1nc2ccc(F)cc2[nH]1)C(=O)O)Nc1ccc(Cl)cc1C(=O)c1ccccc1Cl. The van der Waals surface area contributed by atoms with Gasteiger partial charge in [-0.25, -0.2) is 9.37 Å². The zero-order chi connectivity index (χ0) is 25.8. The highest BCUT2D eigenvalue weighted by Gasteiger charge is 2.22. The Hall–Kier alpha value is -3.79. The second kappa shape index (κ2) is 10.9. The number of nitrogens with zero attached hydrogens (tertiary/aromatic N) is 1. The van der Waals surface area contributed by atoms with Crippen LogP contribution in [0.4, 0.5) is 10.1 Å². The van der Waals surface area contributed by atoms with Gasteiger partial charge in [-0.2, -0.15) is 0 Å². The highest BCUT2D eigenvalue weighted by atomic mass is 35.5. The molecule has 11 heteroatoms. The molecule has 4 N–H and O–H groups in total. The minimum atomic E-state index is -1.20. The third-order valence-corrected chi connectivity index (χ3v) is 5.88. The smallest absolute Gasteiger partial charge is 0.321 e. The number of hydrogen-bond donors (Lipinski definition) is 4. The van der Waals surface area contributed by atoms with Gasteiger partial charge in [-0.15, -0.1) is 0 Å². The number of anilines is 1. The molecule has 0 fully saturated rings. The second-order valence-electron chi connectivity index (χ2n) is 7.87. The molecule has 184 valence electrons. The first kappa shape index (κ1) is 25.3. The Morgan fingerprint density at radius 3 is 2.56 bits per heavy atom. The minimum Gasteiger partial charge on any atom is -0.480 e. The number of nitrogens with one attached hydrogen (secondary N) is 3. The van der Waals surface area contributed by atoms with Gasteiger partial charge in [0.25, 0.3) is 0 Å². The molecule has 3 aromatic carbocycles. The van der Waals surface area contributed by atoms with Gasteiger partial charge in [0.2, 0.25) is 5.91 Å². The largest absolute Gasteiger partial charge is 0.480 e. The first-order valence-corrected chi connectivity index (χ1v) is 11.5. The van der Waals surface area contributed by atoms with Crippen LogP contribution >= 0.6 is 23.2 Å². The number of benzene rings is 3. The molecule has 1 heterocycles. The number of aliphatic carboxylic acids is 1. The average molecular weight is 529 g/mol. The molecule has 8 nitrogen and oxygen atoms in total. The molecule has 0 saturated carbocycles. The van der Waals surface area contributed by atoms with Gasteiger partial charge in [0.1, 0.15) is 17.7 Å². The minimum absolute atomic E-state index is 0.0733. The Bertz CT molecular complexity index is 1470. The molecule has 0 saturated heterocycles. The van der Waals surface area contributed by atoms with E-state index < -0.39 is 29.5 Å². The van der Waals surface area contributed by atoms with Crippen molar-refractivity contribution in [2.75, 3.05) is 11.9 Å². The van der Waals surface area contributed by atoms with Gasteiger partial charge in [-0.3, -0.25) is 19.7 Å². The van der Waals surface area contributed by atoms with Gasteiger partial charge in [0.05, 0.1) is 28.3 Å². The lowest BCUT2D eigenvalue weighted by molar-refractivity contribution is -0.139. The van der Waals surface area contributed by atoms with Gasteiger partial charge >= 0.3 is 5.97 Å². The van der Waals surface area contributed by atoms with Gasteiger partial charge in [-0.1, -0.05) is 35.3 Å². The summed E-state index contributed by atoms with van der Waals surface area (Å²) in [4.78, 5) is 44.6. The topological polar surface area (TPSA) is 124 Å². The predicted octanol–water partition coefficient (Wildman–Crippen LogP) is 4.46. The lowest BCUT2D eigenvalue weighted by Crippen LogP contribution is -2.42. The molecule has 1 aromatic heterocycles. The molecule has 0 aliphatic rings. The molecule has 0 aliphatic carbocycles. The number of rotatable bonds is 9. The summed E-state index contributed by atoms with van der Waals surface area (Å²) in [5.41, 5.74) is 1.50. The maximum atomic E-state index is 13.4. The van der Waals surface area contributed by atoms with Crippen LogP contribution in [-0.4, -0.2) is 45.3 Å². The van der Waals surface area contributed by atoms with Crippen LogP contribution in [0.15, 0.2) is 60.7 Å². The van der Waals surface area contributed by atoms with Gasteiger partial charge in [0, 0.05) is 22.6 Å². The van der Waals surface area contributed by atoms with Crippen LogP contribution in [0.1, 0.15) is 21.7 Å². The summed E-state index contributed by atoms with van der Waals surface area (Å²) in [6, 6.07) is 13.7. The summed E-state index contributed by atoms with van der Waals surface area (Å²) in [7, 11) is 0. The first-order valence-electron chi connectivity index (χ1n) is 10.7. The lowest BCUT2D eigenvalue weighted by atomic mass is 10.0. The van der Waals surface area contributed by atoms with Crippen molar-refractivity contribution in [3.63, 3.8) is 0 Å². The molecule has 0 aliphatic heterocycles. The van der Waals surface area contributed by atoms with Crippen molar-refractivity contribution in [3.8, 4) is 0 Å². The molecule has 0 spiro atoms. The Labute approximate surface area is 214 Å². The van der Waals surface area contributed by atoms with E-state index in [-0.39, 0.29) is 39.8 Å². The lowest BCUT2D eigenvalue weighted by Gasteiger charge is -2.15. The zero-order valence-electron chi connectivity index (χ0n) is 18.5. The number of carbonyl (C=O) groups excluding carboxylic acids is 2. The molecule has 4 aromatic rings. The highest BCUT2D eigenvalue weighted by molar-refractivity contribution is 6.36. The van der Waals surface area contributed by atoms with E-state index in [1.54, 1.807) is 24.3 Å². The number of hydrogen-bond acceptors (Lipinski definition) is 5. The van der Waals surface area contributed by atoms with Crippen LogP contribution < -0.4 is 10.6 Å². The fourth-order valence-corrected chi connectivity index (χ4v) is 3.98. The number of aromatic amines is 1. The van der Waals surface area contributed by atoms with Crippen LogP contribution in [0.2, 0.25) is 10.0 Å². The van der Waals surface area contributed by atoms with Crippen molar-refractivity contribution in [3.05, 3.63) is 93.5 Å². The normalized spacial score (nSPS) is 11.9. The van der Waals surface area contributed by atoms with Crippen LogP contribution in [0.3, 0.4) is 0 Å². The molecule has 0 radical (unpaired) electrons. The number of carbonyl (C=O) groups is 3. The van der Waals surface area contributed by atoms with Crippen LogP contribution in [0.25, 0.3) is 11.0 Å². The molecule has 1 atom stereocenters. The third-order valence-electron chi connectivity index (χ3n) is 5.32. The van der Waals surface area contributed by atoms with Gasteiger partial charge in [0.15, 0.2) is 5.78 Å². The number of aromatic nitrogens is 2. The zero-order valence-corrected chi connectivity index (χ0v) is 20.0. The Morgan fingerprint density at radius 1 is 1.03 bits per heavy atom. The molecule has 1 amide bonds. The molecule has 4 rings (SSSR count). The maximum Gasteiger partial charge on any atom is 0.321 e. The second-order valence-corrected chi connectivity index (χ2v) is 8.71. The number of carboxylic acid groups (broad SMARTS) is 1. The van der Waals surface area contributed by atoms with Crippen molar-refractivity contribution in [2.24, 2.45) is 0 Å². The van der Waals surface area contributed by atoms with Crippen molar-refractivity contribution >= 4 is 57.6 Å². The van der Waals surface area contributed by atoms with E-state index in [9.17, 15) is 23.9 Å². The number of halogens is 3. The van der Waals surface area contributed by atoms with Gasteiger partial charge in [-0.05, 0) is 48.5 Å².